The zero-order chi connectivity index (χ0) is 10.8. The van der Waals surface area contributed by atoms with Gasteiger partial charge in [-0.25, -0.2) is 4.79 Å². The number of esters is 1. The quantitative estimate of drug-likeness (QED) is 0.414. The number of fused-ring (bicyclic) bond motifs is 1. The summed E-state index contributed by atoms with van der Waals surface area (Å²) in [5.41, 5.74) is 1.98. The van der Waals surface area contributed by atoms with E-state index in [9.17, 15) is 9.59 Å². The highest BCUT2D eigenvalue weighted by Crippen LogP contribution is 2.24. The molecule has 76 valence electrons. The summed E-state index contributed by atoms with van der Waals surface area (Å²) in [6, 6.07) is 5.26. The van der Waals surface area contributed by atoms with Gasteiger partial charge in [0.15, 0.2) is 0 Å². The van der Waals surface area contributed by atoms with Gasteiger partial charge in [0.05, 0.1) is 0 Å². The summed E-state index contributed by atoms with van der Waals surface area (Å²) in [7, 11) is 0. The van der Waals surface area contributed by atoms with Crippen molar-refractivity contribution in [1.29, 1.82) is 0 Å². The summed E-state index contributed by atoms with van der Waals surface area (Å²) in [4.78, 5) is 22.1. The molecule has 3 heteroatoms. The Morgan fingerprint density at radius 1 is 1.33 bits per heavy atom. The van der Waals surface area contributed by atoms with Crippen LogP contribution in [0.15, 0.2) is 30.9 Å². The third-order valence-corrected chi connectivity index (χ3v) is 2.34. The second-order valence-corrected chi connectivity index (χ2v) is 3.45. The summed E-state index contributed by atoms with van der Waals surface area (Å²) in [6.07, 6.45) is 2.04. The van der Waals surface area contributed by atoms with Crippen LogP contribution >= 0.6 is 0 Å². The molecule has 0 N–H and O–H groups in total. The van der Waals surface area contributed by atoms with Gasteiger partial charge in [-0.1, -0.05) is 12.6 Å². The SMILES string of the molecule is C=CC(=O)Oc1ccc2c(c1)CC(=O)C2. The number of hydrogen-bond acceptors (Lipinski definition) is 3. The van der Waals surface area contributed by atoms with E-state index in [2.05, 4.69) is 6.58 Å². The lowest BCUT2D eigenvalue weighted by molar-refractivity contribution is -0.129. The lowest BCUT2D eigenvalue weighted by Gasteiger charge is -2.03. The van der Waals surface area contributed by atoms with Gasteiger partial charge in [0, 0.05) is 18.9 Å². The fourth-order valence-electron chi connectivity index (χ4n) is 1.65. The number of ether oxygens (including phenoxy) is 1. The van der Waals surface area contributed by atoms with Gasteiger partial charge in [0.2, 0.25) is 0 Å². The molecule has 0 spiro atoms. The second kappa shape index (κ2) is 3.69. The second-order valence-electron chi connectivity index (χ2n) is 3.45. The average molecular weight is 202 g/mol. The summed E-state index contributed by atoms with van der Waals surface area (Å²) in [6.45, 7) is 3.31. The zero-order valence-corrected chi connectivity index (χ0v) is 8.16. The van der Waals surface area contributed by atoms with Crippen LogP contribution in [-0.2, 0) is 22.4 Å². The number of carbonyl (C=O) groups excluding carboxylic acids is 2. The predicted octanol–water partition coefficient (Wildman–Crippen LogP) is 1.45. The number of Topliss-reactive ketones (excluding diaryl/α,β-unsaturated/α-hetero) is 1. The van der Waals surface area contributed by atoms with E-state index in [0.717, 1.165) is 17.2 Å². The molecule has 0 fully saturated rings. The molecule has 1 aliphatic carbocycles. The summed E-state index contributed by atoms with van der Waals surface area (Å²) < 4.78 is 4.96. The van der Waals surface area contributed by atoms with Gasteiger partial charge >= 0.3 is 5.97 Å². The fraction of sp³-hybridized carbons (Fsp3) is 0.167. The van der Waals surface area contributed by atoms with E-state index in [1.54, 1.807) is 12.1 Å². The van der Waals surface area contributed by atoms with Crippen molar-refractivity contribution in [2.45, 2.75) is 12.8 Å². The third kappa shape index (κ3) is 1.96. The number of benzene rings is 1. The first-order valence-electron chi connectivity index (χ1n) is 4.67. The molecule has 0 saturated heterocycles. The third-order valence-electron chi connectivity index (χ3n) is 2.34. The number of rotatable bonds is 2. The van der Waals surface area contributed by atoms with Crippen molar-refractivity contribution in [1.82, 2.24) is 0 Å². The molecule has 0 atom stereocenters. The molecule has 0 aromatic heterocycles. The molecule has 2 rings (SSSR count). The standard InChI is InChI=1S/C12H10O3/c1-2-12(14)15-11-4-3-8-5-10(13)6-9(8)7-11/h2-4,7H,1,5-6H2. The Balaban J connectivity index is 2.23. The van der Waals surface area contributed by atoms with Crippen molar-refractivity contribution in [2.24, 2.45) is 0 Å². The molecule has 0 unspecified atom stereocenters. The van der Waals surface area contributed by atoms with E-state index in [-0.39, 0.29) is 5.78 Å². The van der Waals surface area contributed by atoms with Gasteiger partial charge in [-0.3, -0.25) is 4.79 Å². The summed E-state index contributed by atoms with van der Waals surface area (Å²) >= 11 is 0. The van der Waals surface area contributed by atoms with Gasteiger partial charge < -0.3 is 4.74 Å². The lowest BCUT2D eigenvalue weighted by Crippen LogP contribution is -2.03. The molecule has 0 amide bonds. The van der Waals surface area contributed by atoms with Crippen molar-refractivity contribution in [3.05, 3.63) is 42.0 Å². The smallest absolute Gasteiger partial charge is 0.335 e. The van der Waals surface area contributed by atoms with Gasteiger partial charge in [-0.05, 0) is 23.3 Å². The van der Waals surface area contributed by atoms with Crippen molar-refractivity contribution in [2.75, 3.05) is 0 Å². The highest BCUT2D eigenvalue weighted by molar-refractivity contribution is 5.88. The van der Waals surface area contributed by atoms with E-state index >= 15 is 0 Å². The maximum absolute atomic E-state index is 11.2. The predicted molar refractivity (Wildman–Crippen MR) is 54.7 cm³/mol. The first-order chi connectivity index (χ1) is 7.19. The Kier molecular flexibility index (Phi) is 2.37. The number of carbonyl (C=O) groups is 2. The summed E-state index contributed by atoms with van der Waals surface area (Å²) in [5.74, 6) is 0.185. The van der Waals surface area contributed by atoms with Crippen molar-refractivity contribution >= 4 is 11.8 Å². The molecule has 0 saturated carbocycles. The van der Waals surface area contributed by atoms with Crippen molar-refractivity contribution in [3.8, 4) is 5.75 Å². The Morgan fingerprint density at radius 2 is 2.07 bits per heavy atom. The highest BCUT2D eigenvalue weighted by atomic mass is 16.5. The van der Waals surface area contributed by atoms with Crippen LogP contribution in [0, 0.1) is 0 Å². The molecule has 1 aromatic carbocycles. The monoisotopic (exact) mass is 202 g/mol. The summed E-state index contributed by atoms with van der Waals surface area (Å²) in [5, 5.41) is 0. The molecule has 3 nitrogen and oxygen atoms in total. The van der Waals surface area contributed by atoms with Crippen LogP contribution in [0.5, 0.6) is 5.75 Å². The van der Waals surface area contributed by atoms with E-state index in [0.29, 0.717) is 18.6 Å². The normalized spacial score (nSPS) is 13.5. The van der Waals surface area contributed by atoms with Crippen LogP contribution < -0.4 is 4.74 Å². The Morgan fingerprint density at radius 3 is 2.80 bits per heavy atom. The van der Waals surface area contributed by atoms with E-state index < -0.39 is 5.97 Å². The first-order valence-corrected chi connectivity index (χ1v) is 4.67. The zero-order valence-electron chi connectivity index (χ0n) is 8.16. The van der Waals surface area contributed by atoms with Crippen molar-refractivity contribution < 1.29 is 14.3 Å². The van der Waals surface area contributed by atoms with E-state index in [1.807, 2.05) is 6.07 Å². The fourth-order valence-corrected chi connectivity index (χ4v) is 1.65. The number of hydrogen-bond donors (Lipinski definition) is 0. The number of ketones is 1. The van der Waals surface area contributed by atoms with Crippen LogP contribution in [0.1, 0.15) is 11.1 Å². The van der Waals surface area contributed by atoms with Gasteiger partial charge in [-0.2, -0.15) is 0 Å². The molecule has 0 radical (unpaired) electrons. The van der Waals surface area contributed by atoms with Crippen LogP contribution in [0.4, 0.5) is 0 Å². The minimum absolute atomic E-state index is 0.206. The topological polar surface area (TPSA) is 43.4 Å². The first kappa shape index (κ1) is 9.65. The average Bonchev–Trinajstić information content (AvgIpc) is 2.57. The maximum atomic E-state index is 11.2. The Labute approximate surface area is 87.4 Å². The largest absolute Gasteiger partial charge is 0.423 e. The molecule has 1 aliphatic rings. The van der Waals surface area contributed by atoms with Crippen molar-refractivity contribution in [3.63, 3.8) is 0 Å². The van der Waals surface area contributed by atoms with E-state index in [1.165, 1.54) is 0 Å². The van der Waals surface area contributed by atoms with Gasteiger partial charge in [0.1, 0.15) is 11.5 Å². The van der Waals surface area contributed by atoms with Gasteiger partial charge in [0.25, 0.3) is 0 Å². The minimum atomic E-state index is -0.487. The Bertz CT molecular complexity index is 446. The van der Waals surface area contributed by atoms with Crippen LogP contribution in [0.2, 0.25) is 0 Å². The van der Waals surface area contributed by atoms with Gasteiger partial charge in [-0.15, -0.1) is 0 Å². The molecule has 0 heterocycles. The van der Waals surface area contributed by atoms with Crippen LogP contribution in [0.25, 0.3) is 0 Å². The molecular formula is C12H10O3. The van der Waals surface area contributed by atoms with Crippen LogP contribution in [0.3, 0.4) is 0 Å². The highest BCUT2D eigenvalue weighted by Gasteiger charge is 2.18. The van der Waals surface area contributed by atoms with E-state index in [4.69, 9.17) is 4.74 Å². The molecule has 1 aromatic rings. The molecule has 0 bridgehead atoms. The molecular weight excluding hydrogens is 192 g/mol. The van der Waals surface area contributed by atoms with Crippen LogP contribution in [-0.4, -0.2) is 11.8 Å². The maximum Gasteiger partial charge on any atom is 0.335 e. The lowest BCUT2D eigenvalue weighted by atomic mass is 10.1. The Hall–Kier alpha value is -1.90. The molecule has 15 heavy (non-hydrogen) atoms. The minimum Gasteiger partial charge on any atom is -0.423 e. The molecule has 0 aliphatic heterocycles.